The van der Waals surface area contributed by atoms with Crippen molar-refractivity contribution < 1.29 is 27.5 Å². The van der Waals surface area contributed by atoms with Gasteiger partial charge in [-0.15, -0.1) is 0 Å². The molecule has 0 saturated heterocycles. The zero-order chi connectivity index (χ0) is 33.4. The molecule has 10 heteroatoms. The number of fused-ring (bicyclic) bond motifs is 1. The van der Waals surface area contributed by atoms with E-state index in [1.165, 1.54) is 17.0 Å². The molecule has 1 N–H and O–H groups in total. The predicted octanol–water partition coefficient (Wildman–Crippen LogP) is 5.52. The normalized spacial score (nSPS) is 13.7. The molecule has 0 bridgehead atoms. The number of carbonyl (C=O) groups is 2. The molecule has 4 aromatic rings. The Labute approximate surface area is 277 Å². The Hall–Kier alpha value is -4.83. The van der Waals surface area contributed by atoms with Crippen LogP contribution in [0.4, 0.5) is 5.69 Å². The van der Waals surface area contributed by atoms with Crippen LogP contribution in [0.1, 0.15) is 37.0 Å². The smallest absolute Gasteiger partial charge is 0.264 e. The maximum Gasteiger partial charge on any atom is 0.264 e. The first-order valence-electron chi connectivity index (χ1n) is 15.8. The van der Waals surface area contributed by atoms with E-state index in [0.717, 1.165) is 21.0 Å². The van der Waals surface area contributed by atoms with Gasteiger partial charge in [-0.1, -0.05) is 85.3 Å². The van der Waals surface area contributed by atoms with Gasteiger partial charge in [0.2, 0.25) is 11.8 Å². The lowest BCUT2D eigenvalue weighted by molar-refractivity contribution is -0.140. The number of carbonyl (C=O) groups excluding carboxylic acids is 2. The number of hydrogen-bond acceptors (Lipinski definition) is 6. The van der Waals surface area contributed by atoms with Crippen molar-refractivity contribution in [1.82, 2.24) is 10.2 Å². The quantitative estimate of drug-likeness (QED) is 0.204. The first-order chi connectivity index (χ1) is 22.7. The second-order valence-corrected chi connectivity index (χ2v) is 13.5. The molecule has 1 heterocycles. The number of ether oxygens (including phenoxy) is 2. The molecule has 2 atom stereocenters. The molecule has 0 aliphatic carbocycles. The minimum atomic E-state index is -4.23. The lowest BCUT2D eigenvalue weighted by atomic mass is 10.0. The summed E-state index contributed by atoms with van der Waals surface area (Å²) in [6, 6.07) is 29.0. The summed E-state index contributed by atoms with van der Waals surface area (Å²) < 4.78 is 41.0. The third-order valence-electron chi connectivity index (χ3n) is 8.13. The van der Waals surface area contributed by atoms with Crippen molar-refractivity contribution in [2.75, 3.05) is 24.1 Å². The largest absolute Gasteiger partial charge is 0.486 e. The second kappa shape index (κ2) is 15.2. The summed E-state index contributed by atoms with van der Waals surface area (Å²) in [5.74, 6) is 0.0530. The van der Waals surface area contributed by atoms with Gasteiger partial charge in [0, 0.05) is 25.1 Å². The van der Waals surface area contributed by atoms with Crippen molar-refractivity contribution >= 4 is 27.5 Å². The maximum atomic E-state index is 14.7. The number of benzene rings is 4. The second-order valence-electron chi connectivity index (χ2n) is 11.7. The molecule has 0 saturated carbocycles. The van der Waals surface area contributed by atoms with E-state index in [0.29, 0.717) is 31.1 Å². The van der Waals surface area contributed by atoms with Gasteiger partial charge < -0.3 is 19.7 Å². The van der Waals surface area contributed by atoms with Crippen molar-refractivity contribution in [3.63, 3.8) is 0 Å². The Morgan fingerprint density at radius 1 is 0.830 bits per heavy atom. The molecule has 47 heavy (non-hydrogen) atoms. The van der Waals surface area contributed by atoms with Gasteiger partial charge in [-0.3, -0.25) is 13.9 Å². The predicted molar refractivity (Wildman–Crippen MR) is 182 cm³/mol. The SMILES string of the molecule is CC[C@@H](C)NC(=O)[C@H](Cc1ccccc1)N(Cc1cccc(C)c1)C(=O)CN(c1ccc2c(c1)OCCO2)S(=O)(=O)c1ccccc1. The zero-order valence-electron chi connectivity index (χ0n) is 27.0. The van der Waals surface area contributed by atoms with Crippen LogP contribution in [0.15, 0.2) is 108 Å². The van der Waals surface area contributed by atoms with E-state index < -0.39 is 28.5 Å². The number of hydrogen-bond donors (Lipinski definition) is 1. The van der Waals surface area contributed by atoms with Crippen molar-refractivity contribution in [1.29, 1.82) is 0 Å². The minimum Gasteiger partial charge on any atom is -0.486 e. The van der Waals surface area contributed by atoms with Gasteiger partial charge in [0.25, 0.3) is 10.0 Å². The van der Waals surface area contributed by atoms with Gasteiger partial charge in [-0.25, -0.2) is 8.42 Å². The lowest BCUT2D eigenvalue weighted by Gasteiger charge is -2.34. The molecule has 0 unspecified atom stereocenters. The van der Waals surface area contributed by atoms with Gasteiger partial charge in [0.05, 0.1) is 10.6 Å². The highest BCUT2D eigenvalue weighted by Gasteiger charge is 2.35. The fourth-order valence-corrected chi connectivity index (χ4v) is 6.86. The van der Waals surface area contributed by atoms with Crippen LogP contribution in [0.25, 0.3) is 0 Å². The van der Waals surface area contributed by atoms with Gasteiger partial charge in [0.15, 0.2) is 11.5 Å². The van der Waals surface area contributed by atoms with Crippen molar-refractivity contribution in [2.45, 2.75) is 57.1 Å². The first-order valence-corrected chi connectivity index (χ1v) is 17.3. The maximum absolute atomic E-state index is 14.7. The molecule has 4 aromatic carbocycles. The highest BCUT2D eigenvalue weighted by Crippen LogP contribution is 2.36. The van der Waals surface area contributed by atoms with Crippen LogP contribution in [0.2, 0.25) is 0 Å². The van der Waals surface area contributed by atoms with Crippen molar-refractivity contribution in [3.8, 4) is 11.5 Å². The van der Waals surface area contributed by atoms with Gasteiger partial charge in [-0.2, -0.15) is 0 Å². The summed E-state index contributed by atoms with van der Waals surface area (Å²) in [4.78, 5) is 30.2. The molecule has 9 nitrogen and oxygen atoms in total. The number of aryl methyl sites for hydroxylation is 1. The number of amides is 2. The average Bonchev–Trinajstić information content (AvgIpc) is 3.09. The fourth-order valence-electron chi connectivity index (χ4n) is 5.44. The third kappa shape index (κ3) is 8.31. The van der Waals surface area contributed by atoms with Crippen LogP contribution >= 0.6 is 0 Å². The van der Waals surface area contributed by atoms with Crippen molar-refractivity contribution in [3.05, 3.63) is 120 Å². The number of nitrogens with zero attached hydrogens (tertiary/aromatic N) is 2. The van der Waals surface area contributed by atoms with E-state index in [2.05, 4.69) is 5.32 Å². The molecule has 1 aliphatic heterocycles. The average molecular weight is 656 g/mol. The van der Waals surface area contributed by atoms with Crippen LogP contribution in [-0.2, 0) is 32.6 Å². The van der Waals surface area contributed by atoms with E-state index in [9.17, 15) is 18.0 Å². The molecule has 1 aliphatic rings. The van der Waals surface area contributed by atoms with Crippen LogP contribution < -0.4 is 19.1 Å². The van der Waals surface area contributed by atoms with Crippen LogP contribution in [-0.4, -0.2) is 57.0 Å². The van der Waals surface area contributed by atoms with Crippen LogP contribution in [0.3, 0.4) is 0 Å². The van der Waals surface area contributed by atoms with Gasteiger partial charge >= 0.3 is 0 Å². The molecular formula is C37H41N3O6S. The molecule has 0 fully saturated rings. The summed E-state index contributed by atoms with van der Waals surface area (Å²) in [5.41, 5.74) is 2.94. The summed E-state index contributed by atoms with van der Waals surface area (Å²) >= 11 is 0. The first kappa shape index (κ1) is 33.5. The Balaban J connectivity index is 1.59. The molecule has 5 rings (SSSR count). The number of nitrogens with one attached hydrogen (secondary N) is 1. The molecular weight excluding hydrogens is 614 g/mol. The Kier molecular flexibility index (Phi) is 10.8. The summed E-state index contributed by atoms with van der Waals surface area (Å²) in [5, 5.41) is 3.06. The number of sulfonamides is 1. The minimum absolute atomic E-state index is 0.0308. The van der Waals surface area contributed by atoms with E-state index >= 15 is 0 Å². The van der Waals surface area contributed by atoms with Crippen LogP contribution in [0, 0.1) is 6.92 Å². The molecule has 0 radical (unpaired) electrons. The molecule has 246 valence electrons. The zero-order valence-corrected chi connectivity index (χ0v) is 27.8. The third-order valence-corrected chi connectivity index (χ3v) is 9.92. The van der Waals surface area contributed by atoms with E-state index in [4.69, 9.17) is 9.47 Å². The molecule has 0 spiro atoms. The van der Waals surface area contributed by atoms with Gasteiger partial charge in [-0.05, 0) is 55.7 Å². The van der Waals surface area contributed by atoms with Gasteiger partial charge in [0.1, 0.15) is 25.8 Å². The standard InChI is InChI=1S/C37H41N3O6S/c1-4-28(3)38-37(42)33(23-29-13-7-5-8-14-29)39(25-30-15-11-12-27(2)22-30)36(41)26-40(47(43,44)32-16-9-6-10-17-32)31-18-19-34-35(24-31)46-21-20-45-34/h5-19,22,24,28,33H,4,20-21,23,25-26H2,1-3H3,(H,38,42)/t28-,33+/m1/s1. The highest BCUT2D eigenvalue weighted by atomic mass is 32.2. The topological polar surface area (TPSA) is 105 Å². The fraction of sp³-hybridized carbons (Fsp3) is 0.297. The summed E-state index contributed by atoms with van der Waals surface area (Å²) in [6.07, 6.45) is 0.957. The number of rotatable bonds is 13. The molecule has 2 amide bonds. The monoisotopic (exact) mass is 655 g/mol. The number of anilines is 1. The molecule has 0 aromatic heterocycles. The Bertz CT molecular complexity index is 1780. The van der Waals surface area contributed by atoms with Crippen molar-refractivity contribution in [2.24, 2.45) is 0 Å². The van der Waals surface area contributed by atoms with E-state index in [1.807, 2.05) is 75.4 Å². The Morgan fingerprint density at radius 2 is 1.49 bits per heavy atom. The summed E-state index contributed by atoms with van der Waals surface area (Å²) in [7, 11) is -4.23. The summed E-state index contributed by atoms with van der Waals surface area (Å²) in [6.45, 7) is 6.11. The van der Waals surface area contributed by atoms with E-state index in [1.54, 1.807) is 36.4 Å². The lowest BCUT2D eigenvalue weighted by Crippen LogP contribution is -2.54. The van der Waals surface area contributed by atoms with Crippen LogP contribution in [0.5, 0.6) is 11.5 Å². The van der Waals surface area contributed by atoms with E-state index in [-0.39, 0.29) is 35.5 Å². The Morgan fingerprint density at radius 3 is 2.17 bits per heavy atom. The highest BCUT2D eigenvalue weighted by molar-refractivity contribution is 7.92.